The van der Waals surface area contributed by atoms with E-state index in [2.05, 4.69) is 0 Å². The van der Waals surface area contributed by atoms with Crippen molar-refractivity contribution >= 4 is 11.4 Å². The van der Waals surface area contributed by atoms with Crippen LogP contribution in [0.1, 0.15) is 5.56 Å². The highest BCUT2D eigenvalue weighted by Crippen LogP contribution is 2.24. The smallest absolute Gasteiger partial charge is 0.307 e. The molecule has 0 saturated heterocycles. The van der Waals surface area contributed by atoms with E-state index in [1.807, 2.05) is 0 Å². The number of nitrogens with zero attached hydrogens (tertiary/aromatic N) is 1. The van der Waals surface area contributed by atoms with E-state index in [1.54, 1.807) is 0 Å². The van der Waals surface area contributed by atoms with Crippen molar-refractivity contribution in [3.05, 3.63) is 33.6 Å². The Morgan fingerprint density at radius 2 is 2.17 bits per heavy atom. The average Bonchev–Trinajstić information content (AvgIpc) is 1.82. The summed E-state index contributed by atoms with van der Waals surface area (Å²) in [5, 5.41) is 10.3. The molecule has 0 spiro atoms. The highest BCUT2D eigenvalue weighted by atomic mass is 19.1. The van der Waals surface area contributed by atoms with E-state index in [-0.39, 0.29) is 11.3 Å². The molecule has 1 aromatic carbocycles. The standard InChI is InChI=1S/C7H7FN2O2/c1-4-2-5(9)3-6(8)7(4)10(11)12/h2-3H,9H2,1H3. The minimum absolute atomic E-state index is 0.190. The van der Waals surface area contributed by atoms with Crippen molar-refractivity contribution in [3.8, 4) is 0 Å². The molecule has 0 saturated carbocycles. The predicted octanol–water partition coefficient (Wildman–Crippen LogP) is 1.62. The molecule has 64 valence electrons. The number of nitrogen functional groups attached to an aromatic ring is 1. The number of nitro groups is 1. The molecule has 1 rings (SSSR count). The van der Waals surface area contributed by atoms with Gasteiger partial charge in [-0.1, -0.05) is 0 Å². The van der Waals surface area contributed by atoms with Crippen molar-refractivity contribution in [1.29, 1.82) is 0 Å². The quantitative estimate of drug-likeness (QED) is 0.395. The first-order valence-electron chi connectivity index (χ1n) is 3.22. The SMILES string of the molecule is Cc1cc(N)cc(F)c1[N+](=O)[O-]. The minimum atomic E-state index is -0.891. The molecule has 0 amide bonds. The summed E-state index contributed by atoms with van der Waals surface area (Å²) in [6, 6.07) is 2.30. The van der Waals surface area contributed by atoms with E-state index < -0.39 is 16.4 Å². The van der Waals surface area contributed by atoms with Gasteiger partial charge in [-0.2, -0.15) is 4.39 Å². The fraction of sp³-hybridized carbons (Fsp3) is 0.143. The lowest BCUT2D eigenvalue weighted by atomic mass is 10.2. The summed E-state index contributed by atoms with van der Waals surface area (Å²) in [7, 11) is 0. The van der Waals surface area contributed by atoms with Crippen molar-refractivity contribution in [2.75, 3.05) is 5.73 Å². The molecule has 0 aliphatic rings. The Bertz CT molecular complexity index is 315. The second-order valence-electron chi connectivity index (χ2n) is 2.43. The zero-order valence-electron chi connectivity index (χ0n) is 6.37. The Balaban J connectivity index is 3.38. The number of halogens is 1. The summed E-state index contributed by atoms with van der Waals surface area (Å²) >= 11 is 0. The van der Waals surface area contributed by atoms with Gasteiger partial charge in [0.25, 0.3) is 0 Å². The highest BCUT2D eigenvalue weighted by molar-refractivity contribution is 5.51. The first-order valence-corrected chi connectivity index (χ1v) is 3.22. The van der Waals surface area contributed by atoms with Crippen molar-refractivity contribution in [1.82, 2.24) is 0 Å². The van der Waals surface area contributed by atoms with Crippen LogP contribution in [0.3, 0.4) is 0 Å². The van der Waals surface area contributed by atoms with Crippen LogP contribution in [0, 0.1) is 22.9 Å². The minimum Gasteiger partial charge on any atom is -0.399 e. The summed E-state index contributed by atoms with van der Waals surface area (Å²) in [5.74, 6) is -0.891. The van der Waals surface area contributed by atoms with Crippen LogP contribution in [-0.2, 0) is 0 Å². The zero-order chi connectivity index (χ0) is 9.30. The van der Waals surface area contributed by atoms with Crippen LogP contribution in [0.15, 0.2) is 12.1 Å². The second kappa shape index (κ2) is 2.77. The first kappa shape index (κ1) is 8.45. The molecule has 0 atom stereocenters. The lowest BCUT2D eigenvalue weighted by Crippen LogP contribution is -1.97. The number of nitro benzene ring substituents is 1. The van der Waals surface area contributed by atoms with Crippen LogP contribution in [0.5, 0.6) is 0 Å². The summed E-state index contributed by atoms with van der Waals surface area (Å²) in [6.07, 6.45) is 0. The Labute approximate surface area is 68.0 Å². The number of anilines is 1. The molecule has 0 radical (unpaired) electrons. The Kier molecular flexibility index (Phi) is 1.95. The molecule has 0 heterocycles. The van der Waals surface area contributed by atoms with Gasteiger partial charge in [-0.25, -0.2) is 0 Å². The van der Waals surface area contributed by atoms with Crippen molar-refractivity contribution in [2.45, 2.75) is 6.92 Å². The molecule has 0 aliphatic carbocycles. The summed E-state index contributed by atoms with van der Waals surface area (Å²) in [6.45, 7) is 1.44. The molecule has 5 heteroatoms. The number of hydrogen-bond acceptors (Lipinski definition) is 3. The molecule has 0 bridgehead atoms. The molecule has 0 aliphatic heterocycles. The van der Waals surface area contributed by atoms with E-state index in [0.717, 1.165) is 6.07 Å². The van der Waals surface area contributed by atoms with Gasteiger partial charge in [0.15, 0.2) is 0 Å². The maximum absolute atomic E-state index is 12.8. The van der Waals surface area contributed by atoms with Crippen LogP contribution < -0.4 is 5.73 Å². The fourth-order valence-corrected chi connectivity index (χ4v) is 0.994. The van der Waals surface area contributed by atoms with Gasteiger partial charge < -0.3 is 5.73 Å². The van der Waals surface area contributed by atoms with Crippen LogP contribution in [0.2, 0.25) is 0 Å². The third-order valence-electron chi connectivity index (χ3n) is 1.46. The normalized spacial score (nSPS) is 9.83. The molecular formula is C7H7FN2O2. The first-order chi connectivity index (χ1) is 5.52. The number of benzene rings is 1. The number of rotatable bonds is 1. The molecule has 0 fully saturated rings. The van der Waals surface area contributed by atoms with E-state index in [1.165, 1.54) is 13.0 Å². The summed E-state index contributed by atoms with van der Waals surface area (Å²) < 4.78 is 12.8. The van der Waals surface area contributed by atoms with Gasteiger partial charge in [0.05, 0.1) is 4.92 Å². The van der Waals surface area contributed by atoms with Gasteiger partial charge >= 0.3 is 5.69 Å². The van der Waals surface area contributed by atoms with Crippen LogP contribution in [0.4, 0.5) is 15.8 Å². The second-order valence-corrected chi connectivity index (χ2v) is 2.43. The topological polar surface area (TPSA) is 69.2 Å². The van der Waals surface area contributed by atoms with E-state index in [9.17, 15) is 14.5 Å². The van der Waals surface area contributed by atoms with E-state index in [0.29, 0.717) is 0 Å². The van der Waals surface area contributed by atoms with Gasteiger partial charge in [-0.05, 0) is 13.0 Å². The largest absolute Gasteiger partial charge is 0.399 e. The van der Waals surface area contributed by atoms with Crippen LogP contribution in [0.25, 0.3) is 0 Å². The van der Waals surface area contributed by atoms with Gasteiger partial charge in [0, 0.05) is 17.3 Å². The summed E-state index contributed by atoms with van der Waals surface area (Å²) in [5.41, 5.74) is 5.18. The maximum atomic E-state index is 12.8. The van der Waals surface area contributed by atoms with Crippen molar-refractivity contribution in [3.63, 3.8) is 0 Å². The number of aryl methyl sites for hydroxylation is 1. The Morgan fingerprint density at radius 3 is 2.58 bits per heavy atom. The molecule has 0 aromatic heterocycles. The van der Waals surface area contributed by atoms with Crippen LogP contribution >= 0.6 is 0 Å². The lowest BCUT2D eigenvalue weighted by molar-refractivity contribution is -0.388. The van der Waals surface area contributed by atoms with Gasteiger partial charge in [0.1, 0.15) is 0 Å². The van der Waals surface area contributed by atoms with Gasteiger partial charge in [-0.15, -0.1) is 0 Å². The van der Waals surface area contributed by atoms with Crippen LogP contribution in [-0.4, -0.2) is 4.92 Å². The van der Waals surface area contributed by atoms with E-state index >= 15 is 0 Å². The molecule has 12 heavy (non-hydrogen) atoms. The van der Waals surface area contributed by atoms with Gasteiger partial charge in [-0.3, -0.25) is 10.1 Å². The monoisotopic (exact) mass is 170 g/mol. The number of nitrogens with two attached hydrogens (primary N) is 1. The molecule has 0 unspecified atom stereocenters. The predicted molar refractivity (Wildman–Crippen MR) is 42.2 cm³/mol. The zero-order valence-corrected chi connectivity index (χ0v) is 6.37. The van der Waals surface area contributed by atoms with Gasteiger partial charge in [0.2, 0.25) is 5.82 Å². The molecular weight excluding hydrogens is 163 g/mol. The molecule has 4 nitrogen and oxygen atoms in total. The molecule has 1 aromatic rings. The third-order valence-corrected chi connectivity index (χ3v) is 1.46. The van der Waals surface area contributed by atoms with Crippen molar-refractivity contribution < 1.29 is 9.31 Å². The van der Waals surface area contributed by atoms with Crippen molar-refractivity contribution in [2.24, 2.45) is 0 Å². The Hall–Kier alpha value is -1.65. The highest BCUT2D eigenvalue weighted by Gasteiger charge is 2.17. The third kappa shape index (κ3) is 1.34. The number of hydrogen-bond donors (Lipinski definition) is 1. The molecule has 2 N–H and O–H groups in total. The Morgan fingerprint density at radius 1 is 1.58 bits per heavy atom. The maximum Gasteiger partial charge on any atom is 0.307 e. The summed E-state index contributed by atoms with van der Waals surface area (Å²) in [4.78, 5) is 9.52. The fourth-order valence-electron chi connectivity index (χ4n) is 0.994. The lowest BCUT2D eigenvalue weighted by Gasteiger charge is -1.99. The average molecular weight is 170 g/mol. The van der Waals surface area contributed by atoms with E-state index in [4.69, 9.17) is 5.73 Å².